The van der Waals surface area contributed by atoms with Gasteiger partial charge in [-0.15, -0.1) is 0 Å². The Morgan fingerprint density at radius 1 is 0.966 bits per heavy atom. The molecule has 0 atom stereocenters. The van der Waals surface area contributed by atoms with E-state index in [1.54, 1.807) is 31.5 Å². The van der Waals surface area contributed by atoms with Crippen LogP contribution in [-0.2, 0) is 11.8 Å². The first-order valence-corrected chi connectivity index (χ1v) is 9.62. The molecule has 0 unspecified atom stereocenters. The topological polar surface area (TPSA) is 67.4 Å². The Bertz CT molecular complexity index is 1020. The molecule has 1 aliphatic rings. The van der Waals surface area contributed by atoms with E-state index in [1.807, 2.05) is 28.6 Å². The molecular formula is C22H24FN5O. The van der Waals surface area contributed by atoms with Crippen LogP contribution in [0.2, 0.25) is 0 Å². The molecule has 0 radical (unpaired) electrons. The number of piperazine rings is 1. The summed E-state index contributed by atoms with van der Waals surface area (Å²) in [6, 6.07) is 10.3. The summed E-state index contributed by atoms with van der Waals surface area (Å²) in [5.41, 5.74) is 10.3. The van der Waals surface area contributed by atoms with E-state index in [4.69, 9.17) is 5.73 Å². The van der Waals surface area contributed by atoms with Gasteiger partial charge in [-0.25, -0.2) is 4.39 Å². The van der Waals surface area contributed by atoms with Crippen LogP contribution in [0.25, 0.3) is 22.3 Å². The number of aromatic nitrogens is 2. The number of anilines is 2. The maximum Gasteiger partial charge on any atom is 0.219 e. The van der Waals surface area contributed by atoms with Crippen molar-refractivity contribution in [2.45, 2.75) is 6.92 Å². The van der Waals surface area contributed by atoms with Crippen molar-refractivity contribution in [3.05, 3.63) is 54.6 Å². The van der Waals surface area contributed by atoms with Crippen LogP contribution < -0.4 is 10.6 Å². The Balaban J connectivity index is 1.86. The number of carbonyl (C=O) groups is 1. The Morgan fingerprint density at radius 2 is 1.55 bits per heavy atom. The molecule has 0 spiro atoms. The average molecular weight is 393 g/mol. The fourth-order valence-electron chi connectivity index (χ4n) is 3.99. The van der Waals surface area contributed by atoms with Crippen LogP contribution in [0.15, 0.2) is 48.8 Å². The van der Waals surface area contributed by atoms with Crippen LogP contribution in [-0.4, -0.2) is 46.5 Å². The Labute approximate surface area is 169 Å². The summed E-state index contributed by atoms with van der Waals surface area (Å²) in [4.78, 5) is 20.0. The first-order valence-electron chi connectivity index (χ1n) is 9.62. The van der Waals surface area contributed by atoms with Crippen molar-refractivity contribution in [2.75, 3.05) is 36.8 Å². The number of benzene rings is 1. The average Bonchev–Trinajstić information content (AvgIpc) is 3.00. The van der Waals surface area contributed by atoms with E-state index in [1.165, 1.54) is 12.1 Å². The van der Waals surface area contributed by atoms with Gasteiger partial charge in [0.1, 0.15) is 17.5 Å². The van der Waals surface area contributed by atoms with E-state index in [-0.39, 0.29) is 11.7 Å². The predicted molar refractivity (Wildman–Crippen MR) is 113 cm³/mol. The molecule has 1 amide bonds. The molecule has 3 aromatic rings. The number of pyridine rings is 1. The highest BCUT2D eigenvalue weighted by Gasteiger charge is 2.28. The second kappa shape index (κ2) is 7.58. The van der Waals surface area contributed by atoms with Crippen molar-refractivity contribution < 1.29 is 9.18 Å². The number of rotatable bonds is 3. The lowest BCUT2D eigenvalue weighted by Gasteiger charge is -2.36. The summed E-state index contributed by atoms with van der Waals surface area (Å²) >= 11 is 0. The molecule has 3 heterocycles. The van der Waals surface area contributed by atoms with E-state index in [2.05, 4.69) is 9.88 Å². The number of amides is 1. The van der Waals surface area contributed by atoms with Gasteiger partial charge in [0.25, 0.3) is 0 Å². The first-order chi connectivity index (χ1) is 14.0. The lowest BCUT2D eigenvalue weighted by molar-refractivity contribution is -0.129. The van der Waals surface area contributed by atoms with Gasteiger partial charge in [0, 0.05) is 63.7 Å². The van der Waals surface area contributed by atoms with Crippen molar-refractivity contribution in [1.82, 2.24) is 14.5 Å². The zero-order valence-electron chi connectivity index (χ0n) is 16.6. The summed E-state index contributed by atoms with van der Waals surface area (Å²) in [5.74, 6) is 1.43. The normalized spacial score (nSPS) is 14.3. The lowest BCUT2D eigenvalue weighted by atomic mass is 9.97. The maximum atomic E-state index is 13.5. The molecule has 29 heavy (non-hydrogen) atoms. The molecule has 2 aromatic heterocycles. The fraction of sp³-hybridized carbons (Fsp3) is 0.273. The predicted octanol–water partition coefficient (Wildman–Crippen LogP) is 3.14. The highest BCUT2D eigenvalue weighted by Crippen LogP contribution is 2.45. The number of nitrogens with zero attached hydrogens (tertiary/aromatic N) is 4. The molecular weight excluding hydrogens is 369 g/mol. The van der Waals surface area contributed by atoms with Gasteiger partial charge in [-0.05, 0) is 35.4 Å². The largest absolute Gasteiger partial charge is 0.385 e. The zero-order chi connectivity index (χ0) is 20.5. The van der Waals surface area contributed by atoms with E-state index in [0.29, 0.717) is 18.9 Å². The van der Waals surface area contributed by atoms with Crippen molar-refractivity contribution in [3.63, 3.8) is 0 Å². The van der Waals surface area contributed by atoms with Crippen LogP contribution >= 0.6 is 0 Å². The first kappa shape index (κ1) is 19.0. The minimum Gasteiger partial charge on any atom is -0.385 e. The molecule has 7 heteroatoms. The summed E-state index contributed by atoms with van der Waals surface area (Å²) in [7, 11) is 1.94. The maximum absolute atomic E-state index is 13.5. The molecule has 0 saturated carbocycles. The van der Waals surface area contributed by atoms with Gasteiger partial charge in [0.05, 0.1) is 0 Å². The molecule has 6 nitrogen and oxygen atoms in total. The number of hydrogen-bond acceptors (Lipinski definition) is 4. The fourth-order valence-corrected chi connectivity index (χ4v) is 3.99. The molecule has 1 saturated heterocycles. The molecule has 1 aromatic carbocycles. The molecule has 4 rings (SSSR count). The number of hydrogen-bond donors (Lipinski definition) is 1. The highest BCUT2D eigenvalue weighted by molar-refractivity contribution is 5.98. The summed E-state index contributed by atoms with van der Waals surface area (Å²) in [6.07, 6.45) is 3.51. The van der Waals surface area contributed by atoms with Crippen molar-refractivity contribution in [1.29, 1.82) is 0 Å². The van der Waals surface area contributed by atoms with Gasteiger partial charge < -0.3 is 20.1 Å². The van der Waals surface area contributed by atoms with E-state index < -0.39 is 0 Å². The van der Waals surface area contributed by atoms with Gasteiger partial charge in [-0.2, -0.15) is 0 Å². The van der Waals surface area contributed by atoms with Gasteiger partial charge in [0.2, 0.25) is 5.91 Å². The lowest BCUT2D eigenvalue weighted by Crippen LogP contribution is -2.48. The van der Waals surface area contributed by atoms with Crippen LogP contribution in [0.5, 0.6) is 0 Å². The van der Waals surface area contributed by atoms with Crippen molar-refractivity contribution in [3.8, 4) is 22.3 Å². The number of nitrogens with two attached hydrogens (primary N) is 1. The smallest absolute Gasteiger partial charge is 0.219 e. The summed E-state index contributed by atoms with van der Waals surface area (Å²) < 4.78 is 15.5. The quantitative estimate of drug-likeness (QED) is 0.742. The minimum absolute atomic E-state index is 0.0948. The van der Waals surface area contributed by atoms with Crippen molar-refractivity contribution >= 4 is 17.5 Å². The molecule has 0 bridgehead atoms. The van der Waals surface area contributed by atoms with Gasteiger partial charge >= 0.3 is 0 Å². The minimum atomic E-state index is -0.283. The van der Waals surface area contributed by atoms with Crippen LogP contribution in [0, 0.1) is 5.82 Å². The third-order valence-electron chi connectivity index (χ3n) is 5.54. The van der Waals surface area contributed by atoms with Crippen LogP contribution in [0.4, 0.5) is 16.0 Å². The molecule has 0 aliphatic carbocycles. The number of carbonyl (C=O) groups excluding carboxylic acids is 1. The van der Waals surface area contributed by atoms with Gasteiger partial charge in [-0.3, -0.25) is 9.78 Å². The van der Waals surface area contributed by atoms with E-state index in [9.17, 15) is 9.18 Å². The third-order valence-corrected chi connectivity index (χ3v) is 5.54. The zero-order valence-corrected chi connectivity index (χ0v) is 16.6. The van der Waals surface area contributed by atoms with E-state index >= 15 is 0 Å². The standard InChI is InChI=1S/C22H24FN5O/c1-15(29)27-11-13-28(14-12-27)22-20(17-7-9-25-10-8-17)19(21(24)26(22)2)16-3-5-18(23)6-4-16/h3-10H,11-14,24H2,1-2H3. The van der Waals surface area contributed by atoms with E-state index in [0.717, 1.165) is 41.2 Å². The third kappa shape index (κ3) is 3.44. The second-order valence-corrected chi connectivity index (χ2v) is 7.25. The summed E-state index contributed by atoms with van der Waals surface area (Å²) in [6.45, 7) is 4.38. The molecule has 2 N–H and O–H groups in total. The molecule has 1 fully saturated rings. The SMILES string of the molecule is CC(=O)N1CCN(c2c(-c3ccncc3)c(-c3ccc(F)cc3)c(N)n2C)CC1. The number of halogens is 1. The Hall–Kier alpha value is -3.35. The molecule has 150 valence electrons. The van der Waals surface area contributed by atoms with Crippen LogP contribution in [0.3, 0.4) is 0 Å². The Kier molecular flexibility index (Phi) is 4.96. The highest BCUT2D eigenvalue weighted by atomic mass is 19.1. The van der Waals surface area contributed by atoms with Gasteiger partial charge in [-0.1, -0.05) is 12.1 Å². The summed E-state index contributed by atoms with van der Waals surface area (Å²) in [5, 5.41) is 0. The second-order valence-electron chi connectivity index (χ2n) is 7.25. The Morgan fingerprint density at radius 3 is 2.14 bits per heavy atom. The van der Waals surface area contributed by atoms with Crippen molar-refractivity contribution in [2.24, 2.45) is 7.05 Å². The molecule has 1 aliphatic heterocycles. The number of nitrogen functional groups attached to an aromatic ring is 1. The van der Waals surface area contributed by atoms with Crippen LogP contribution in [0.1, 0.15) is 6.92 Å². The van der Waals surface area contributed by atoms with Gasteiger partial charge in [0.15, 0.2) is 0 Å². The monoisotopic (exact) mass is 393 g/mol.